The zero-order chi connectivity index (χ0) is 13.3. The molecule has 1 aromatic rings. The minimum atomic E-state index is -3.48. The van der Waals surface area contributed by atoms with Gasteiger partial charge in [0.2, 0.25) is 10.0 Å². The summed E-state index contributed by atoms with van der Waals surface area (Å²) >= 11 is 0. The highest BCUT2D eigenvalue weighted by atomic mass is 32.2. The Kier molecular flexibility index (Phi) is 3.75. The molecule has 1 aromatic carbocycles. The minimum Gasteiger partial charge on any atom is -0.395 e. The van der Waals surface area contributed by atoms with E-state index in [2.05, 4.69) is 0 Å². The lowest BCUT2D eigenvalue weighted by Gasteiger charge is -2.24. The summed E-state index contributed by atoms with van der Waals surface area (Å²) in [6, 6.07) is 6.60. The van der Waals surface area contributed by atoms with Crippen molar-refractivity contribution in [3.63, 3.8) is 0 Å². The van der Waals surface area contributed by atoms with Gasteiger partial charge < -0.3 is 5.11 Å². The third-order valence-corrected chi connectivity index (χ3v) is 5.54. The summed E-state index contributed by atoms with van der Waals surface area (Å²) in [7, 11) is -3.48. The van der Waals surface area contributed by atoms with Crippen LogP contribution in [0.4, 0.5) is 0 Å². The van der Waals surface area contributed by atoms with Gasteiger partial charge in [0, 0.05) is 6.54 Å². The molecule has 1 aliphatic heterocycles. The maximum absolute atomic E-state index is 12.5. The molecule has 1 heterocycles. The standard InChI is InChI=1S/C13H19NO3S/c1-10-4-3-5-12(8-10)18(16,17)14-7-6-11(2)13(14)9-15/h3-5,8,11,13,15H,6-7,9H2,1-2H3. The molecule has 1 N–H and O–H groups in total. The number of aryl methyl sites for hydroxylation is 1. The molecule has 5 heteroatoms. The van der Waals surface area contributed by atoms with Crippen LogP contribution in [0.5, 0.6) is 0 Å². The van der Waals surface area contributed by atoms with Gasteiger partial charge in [0.25, 0.3) is 0 Å². The van der Waals surface area contributed by atoms with Crippen molar-refractivity contribution in [1.29, 1.82) is 0 Å². The van der Waals surface area contributed by atoms with Crippen molar-refractivity contribution < 1.29 is 13.5 Å². The third kappa shape index (κ3) is 2.30. The average Bonchev–Trinajstić information content (AvgIpc) is 2.71. The lowest BCUT2D eigenvalue weighted by molar-refractivity contribution is 0.191. The molecule has 0 aromatic heterocycles. The highest BCUT2D eigenvalue weighted by Gasteiger charge is 2.39. The Hall–Kier alpha value is -0.910. The molecule has 0 amide bonds. The Balaban J connectivity index is 2.37. The number of aliphatic hydroxyl groups is 1. The van der Waals surface area contributed by atoms with E-state index in [1.807, 2.05) is 19.9 Å². The maximum atomic E-state index is 12.5. The highest BCUT2D eigenvalue weighted by Crippen LogP contribution is 2.29. The predicted molar refractivity (Wildman–Crippen MR) is 69.7 cm³/mol. The first kappa shape index (κ1) is 13.5. The van der Waals surface area contributed by atoms with Crippen LogP contribution >= 0.6 is 0 Å². The van der Waals surface area contributed by atoms with E-state index < -0.39 is 10.0 Å². The Morgan fingerprint density at radius 2 is 2.17 bits per heavy atom. The zero-order valence-electron chi connectivity index (χ0n) is 10.7. The van der Waals surface area contributed by atoms with Crippen molar-refractivity contribution in [2.24, 2.45) is 5.92 Å². The molecule has 1 saturated heterocycles. The molecule has 2 unspecified atom stereocenters. The van der Waals surface area contributed by atoms with Crippen LogP contribution in [0.3, 0.4) is 0 Å². The van der Waals surface area contributed by atoms with Crippen LogP contribution in [0.15, 0.2) is 29.2 Å². The number of aliphatic hydroxyl groups excluding tert-OH is 1. The van der Waals surface area contributed by atoms with Gasteiger partial charge in [-0.15, -0.1) is 0 Å². The van der Waals surface area contributed by atoms with Crippen LogP contribution in [0.25, 0.3) is 0 Å². The second kappa shape index (κ2) is 4.99. The number of benzene rings is 1. The van der Waals surface area contributed by atoms with Gasteiger partial charge in [0.1, 0.15) is 0 Å². The topological polar surface area (TPSA) is 57.6 Å². The van der Waals surface area contributed by atoms with E-state index in [0.717, 1.165) is 12.0 Å². The second-order valence-electron chi connectivity index (χ2n) is 4.95. The molecule has 18 heavy (non-hydrogen) atoms. The number of sulfonamides is 1. The second-order valence-corrected chi connectivity index (χ2v) is 6.84. The van der Waals surface area contributed by atoms with Crippen LogP contribution in [-0.4, -0.2) is 37.0 Å². The van der Waals surface area contributed by atoms with Gasteiger partial charge in [0.15, 0.2) is 0 Å². The molecule has 0 bridgehead atoms. The fourth-order valence-corrected chi connectivity index (χ4v) is 4.29. The first-order valence-corrected chi connectivity index (χ1v) is 7.60. The Morgan fingerprint density at radius 1 is 1.44 bits per heavy atom. The van der Waals surface area contributed by atoms with E-state index in [1.165, 1.54) is 4.31 Å². The van der Waals surface area contributed by atoms with Crippen molar-refractivity contribution in [2.45, 2.75) is 31.2 Å². The molecular weight excluding hydrogens is 250 g/mol. The third-order valence-electron chi connectivity index (χ3n) is 3.61. The van der Waals surface area contributed by atoms with Crippen LogP contribution in [0.2, 0.25) is 0 Å². The molecule has 100 valence electrons. The van der Waals surface area contributed by atoms with E-state index in [9.17, 15) is 13.5 Å². The van der Waals surface area contributed by atoms with Crippen LogP contribution in [-0.2, 0) is 10.0 Å². The largest absolute Gasteiger partial charge is 0.395 e. The van der Waals surface area contributed by atoms with Crippen molar-refractivity contribution >= 4 is 10.0 Å². The molecule has 1 aliphatic rings. The summed E-state index contributed by atoms with van der Waals surface area (Å²) in [5.74, 6) is 0.203. The van der Waals surface area contributed by atoms with E-state index in [-0.39, 0.29) is 18.6 Å². The Morgan fingerprint density at radius 3 is 2.78 bits per heavy atom. The molecule has 0 aliphatic carbocycles. The zero-order valence-corrected chi connectivity index (χ0v) is 11.5. The van der Waals surface area contributed by atoms with Gasteiger partial charge >= 0.3 is 0 Å². The predicted octanol–water partition coefficient (Wildman–Crippen LogP) is 1.39. The summed E-state index contributed by atoms with van der Waals surface area (Å²) < 4.78 is 26.5. The fraction of sp³-hybridized carbons (Fsp3) is 0.538. The highest BCUT2D eigenvalue weighted by molar-refractivity contribution is 7.89. The van der Waals surface area contributed by atoms with E-state index in [4.69, 9.17) is 0 Å². The molecule has 0 saturated carbocycles. The maximum Gasteiger partial charge on any atom is 0.243 e. The van der Waals surface area contributed by atoms with Crippen LogP contribution < -0.4 is 0 Å². The van der Waals surface area contributed by atoms with Crippen LogP contribution in [0.1, 0.15) is 18.9 Å². The van der Waals surface area contributed by atoms with Crippen molar-refractivity contribution in [3.8, 4) is 0 Å². The van der Waals surface area contributed by atoms with Gasteiger partial charge in [-0.3, -0.25) is 0 Å². The molecule has 4 nitrogen and oxygen atoms in total. The number of nitrogens with zero attached hydrogens (tertiary/aromatic N) is 1. The first-order chi connectivity index (χ1) is 8.46. The molecular formula is C13H19NO3S. The van der Waals surface area contributed by atoms with E-state index in [1.54, 1.807) is 18.2 Å². The monoisotopic (exact) mass is 269 g/mol. The first-order valence-electron chi connectivity index (χ1n) is 6.16. The lowest BCUT2D eigenvalue weighted by atomic mass is 10.0. The van der Waals surface area contributed by atoms with E-state index >= 15 is 0 Å². The van der Waals surface area contributed by atoms with Gasteiger partial charge in [0.05, 0.1) is 17.5 Å². The van der Waals surface area contributed by atoms with Crippen molar-refractivity contribution in [1.82, 2.24) is 4.31 Å². The van der Waals surface area contributed by atoms with Crippen LogP contribution in [0, 0.1) is 12.8 Å². The van der Waals surface area contributed by atoms with E-state index in [0.29, 0.717) is 11.4 Å². The fourth-order valence-electron chi connectivity index (χ4n) is 2.45. The van der Waals surface area contributed by atoms with Crippen molar-refractivity contribution in [3.05, 3.63) is 29.8 Å². The lowest BCUT2D eigenvalue weighted by Crippen LogP contribution is -2.39. The summed E-state index contributed by atoms with van der Waals surface area (Å²) in [4.78, 5) is 0.315. The summed E-state index contributed by atoms with van der Waals surface area (Å²) in [6.45, 7) is 4.22. The average molecular weight is 269 g/mol. The van der Waals surface area contributed by atoms with Gasteiger partial charge in [-0.05, 0) is 37.0 Å². The number of hydrogen-bond acceptors (Lipinski definition) is 3. The van der Waals surface area contributed by atoms with Gasteiger partial charge in [-0.2, -0.15) is 4.31 Å². The molecule has 1 fully saturated rings. The Bertz CT molecular complexity index is 527. The molecule has 0 radical (unpaired) electrons. The summed E-state index contributed by atoms with van der Waals surface area (Å²) in [5, 5.41) is 9.37. The molecule has 2 rings (SSSR count). The minimum absolute atomic E-state index is 0.119. The molecule has 2 atom stereocenters. The van der Waals surface area contributed by atoms with Gasteiger partial charge in [-0.1, -0.05) is 19.1 Å². The normalized spacial score (nSPS) is 25.5. The summed E-state index contributed by atoms with van der Waals surface area (Å²) in [5.41, 5.74) is 0.920. The quantitative estimate of drug-likeness (QED) is 0.902. The number of hydrogen-bond donors (Lipinski definition) is 1. The SMILES string of the molecule is Cc1cccc(S(=O)(=O)N2CCC(C)C2CO)c1. The molecule has 0 spiro atoms. The summed E-state index contributed by atoms with van der Waals surface area (Å²) in [6.07, 6.45) is 0.802. The van der Waals surface area contributed by atoms with Crippen molar-refractivity contribution in [2.75, 3.05) is 13.2 Å². The number of rotatable bonds is 3. The smallest absolute Gasteiger partial charge is 0.243 e. The van der Waals surface area contributed by atoms with Gasteiger partial charge in [-0.25, -0.2) is 8.42 Å². The Labute approximate surface area is 108 Å².